The average molecular weight is 212 g/mol. The summed E-state index contributed by atoms with van der Waals surface area (Å²) in [6.45, 7) is 14.0. The van der Waals surface area contributed by atoms with Gasteiger partial charge in [0.2, 0.25) is 0 Å². The van der Waals surface area contributed by atoms with Gasteiger partial charge in [-0.05, 0) is 32.7 Å². The Morgan fingerprint density at radius 2 is 1.93 bits per heavy atom. The fourth-order valence-electron chi connectivity index (χ4n) is 2.59. The van der Waals surface area contributed by atoms with Gasteiger partial charge in [-0.3, -0.25) is 0 Å². The molecule has 15 heavy (non-hydrogen) atoms. The Labute approximate surface area is 95.4 Å². The Bertz CT molecular complexity index is 177. The molecule has 0 spiro atoms. The lowest BCUT2D eigenvalue weighted by Gasteiger charge is -2.41. The minimum Gasteiger partial charge on any atom is -0.311 e. The maximum atomic E-state index is 3.72. The minimum atomic E-state index is 0.620. The number of hydrogen-bond acceptors (Lipinski definition) is 2. The lowest BCUT2D eigenvalue weighted by Crippen LogP contribution is -2.52. The van der Waals surface area contributed by atoms with E-state index in [2.05, 4.69) is 44.8 Å². The summed E-state index contributed by atoms with van der Waals surface area (Å²) in [7, 11) is 0. The maximum absolute atomic E-state index is 3.72. The highest BCUT2D eigenvalue weighted by atomic mass is 15.2. The molecule has 0 aromatic heterocycles. The Morgan fingerprint density at radius 3 is 2.40 bits per heavy atom. The van der Waals surface area contributed by atoms with Crippen molar-refractivity contribution in [2.75, 3.05) is 13.1 Å². The van der Waals surface area contributed by atoms with Gasteiger partial charge in [-0.15, -0.1) is 0 Å². The highest BCUT2D eigenvalue weighted by Gasteiger charge is 2.28. The van der Waals surface area contributed by atoms with Crippen molar-refractivity contribution in [1.82, 2.24) is 10.2 Å². The molecule has 0 radical (unpaired) electrons. The summed E-state index contributed by atoms with van der Waals surface area (Å²) in [5, 5.41) is 3.72. The normalized spacial score (nSPS) is 29.0. The first-order valence-electron chi connectivity index (χ1n) is 6.54. The first-order chi connectivity index (χ1) is 7.04. The van der Waals surface area contributed by atoms with E-state index >= 15 is 0 Å². The second-order valence-electron chi connectivity index (χ2n) is 5.47. The van der Waals surface area contributed by atoms with Crippen LogP contribution in [-0.4, -0.2) is 36.1 Å². The van der Waals surface area contributed by atoms with Gasteiger partial charge in [-0.2, -0.15) is 0 Å². The summed E-state index contributed by atoms with van der Waals surface area (Å²) >= 11 is 0. The summed E-state index contributed by atoms with van der Waals surface area (Å²) in [5.74, 6) is 0.837. The number of hydrogen-bond donors (Lipinski definition) is 1. The third kappa shape index (κ3) is 3.76. The molecule has 1 fully saturated rings. The molecule has 2 nitrogen and oxygen atoms in total. The first kappa shape index (κ1) is 13.0. The first-order valence-corrected chi connectivity index (χ1v) is 6.54. The van der Waals surface area contributed by atoms with Gasteiger partial charge in [-0.25, -0.2) is 0 Å². The van der Waals surface area contributed by atoms with Crippen molar-refractivity contribution in [1.29, 1.82) is 0 Å². The number of nitrogens with zero attached hydrogens (tertiary/aromatic N) is 1. The van der Waals surface area contributed by atoms with Crippen LogP contribution in [0.3, 0.4) is 0 Å². The van der Waals surface area contributed by atoms with Crippen LogP contribution < -0.4 is 5.32 Å². The Morgan fingerprint density at radius 1 is 1.27 bits per heavy atom. The van der Waals surface area contributed by atoms with Crippen molar-refractivity contribution in [2.45, 2.75) is 65.6 Å². The molecule has 1 saturated heterocycles. The quantitative estimate of drug-likeness (QED) is 0.770. The standard InChI is InChI=1S/C13H28N2/c1-6-12-9-15(11(4)5)8-7-13(12)14-10(2)3/h10-14H,6-9H2,1-5H3. The molecule has 2 heteroatoms. The smallest absolute Gasteiger partial charge is 0.0122 e. The molecule has 1 rings (SSSR count). The monoisotopic (exact) mass is 212 g/mol. The molecule has 0 aromatic rings. The Hall–Kier alpha value is -0.0800. The number of rotatable bonds is 4. The van der Waals surface area contributed by atoms with Gasteiger partial charge in [0.1, 0.15) is 0 Å². The zero-order valence-corrected chi connectivity index (χ0v) is 11.1. The van der Waals surface area contributed by atoms with E-state index < -0.39 is 0 Å². The molecule has 1 aliphatic rings. The van der Waals surface area contributed by atoms with Crippen LogP contribution in [0.1, 0.15) is 47.5 Å². The van der Waals surface area contributed by atoms with Crippen molar-refractivity contribution in [3.63, 3.8) is 0 Å². The van der Waals surface area contributed by atoms with E-state index in [1.165, 1.54) is 25.9 Å². The van der Waals surface area contributed by atoms with Crippen LogP contribution in [0.5, 0.6) is 0 Å². The Kier molecular flexibility index (Phi) is 5.07. The van der Waals surface area contributed by atoms with E-state index in [-0.39, 0.29) is 0 Å². The van der Waals surface area contributed by atoms with Crippen molar-refractivity contribution in [3.8, 4) is 0 Å². The van der Waals surface area contributed by atoms with Crippen LogP contribution in [0.15, 0.2) is 0 Å². The third-order valence-electron chi connectivity index (χ3n) is 3.57. The highest BCUT2D eigenvalue weighted by Crippen LogP contribution is 2.22. The van der Waals surface area contributed by atoms with Gasteiger partial charge in [-0.1, -0.05) is 27.2 Å². The van der Waals surface area contributed by atoms with Crippen molar-refractivity contribution in [2.24, 2.45) is 5.92 Å². The molecule has 2 atom stereocenters. The van der Waals surface area contributed by atoms with E-state index in [0.717, 1.165) is 12.0 Å². The Balaban J connectivity index is 2.49. The van der Waals surface area contributed by atoms with Crippen molar-refractivity contribution >= 4 is 0 Å². The van der Waals surface area contributed by atoms with E-state index in [4.69, 9.17) is 0 Å². The van der Waals surface area contributed by atoms with Gasteiger partial charge in [0.25, 0.3) is 0 Å². The topological polar surface area (TPSA) is 15.3 Å². The van der Waals surface area contributed by atoms with Crippen LogP contribution in [0.2, 0.25) is 0 Å². The highest BCUT2D eigenvalue weighted by molar-refractivity contribution is 4.86. The van der Waals surface area contributed by atoms with Crippen LogP contribution in [0.4, 0.5) is 0 Å². The fourth-order valence-corrected chi connectivity index (χ4v) is 2.59. The largest absolute Gasteiger partial charge is 0.311 e. The molecule has 90 valence electrons. The molecule has 1 N–H and O–H groups in total. The average Bonchev–Trinajstić information content (AvgIpc) is 2.17. The number of nitrogens with one attached hydrogen (secondary N) is 1. The van der Waals surface area contributed by atoms with Gasteiger partial charge < -0.3 is 10.2 Å². The maximum Gasteiger partial charge on any atom is 0.0122 e. The van der Waals surface area contributed by atoms with E-state index in [1.54, 1.807) is 0 Å². The molecule has 1 aliphatic heterocycles. The summed E-state index contributed by atoms with van der Waals surface area (Å²) < 4.78 is 0. The molecule has 0 amide bonds. The molecule has 0 saturated carbocycles. The summed E-state index contributed by atoms with van der Waals surface area (Å²) in [6.07, 6.45) is 2.61. The molecular formula is C13H28N2. The van der Waals surface area contributed by atoms with Crippen molar-refractivity contribution in [3.05, 3.63) is 0 Å². The lowest BCUT2D eigenvalue weighted by atomic mass is 9.89. The molecule has 0 bridgehead atoms. The minimum absolute atomic E-state index is 0.620. The number of piperidine rings is 1. The summed E-state index contributed by atoms with van der Waals surface area (Å²) in [5.41, 5.74) is 0. The van der Waals surface area contributed by atoms with E-state index in [0.29, 0.717) is 12.1 Å². The fraction of sp³-hybridized carbons (Fsp3) is 1.00. The molecule has 1 heterocycles. The van der Waals surface area contributed by atoms with Gasteiger partial charge in [0.05, 0.1) is 0 Å². The molecule has 2 unspecified atom stereocenters. The second kappa shape index (κ2) is 5.86. The predicted octanol–water partition coefficient (Wildman–Crippen LogP) is 2.49. The van der Waals surface area contributed by atoms with Gasteiger partial charge in [0.15, 0.2) is 0 Å². The van der Waals surface area contributed by atoms with Crippen molar-refractivity contribution < 1.29 is 0 Å². The summed E-state index contributed by atoms with van der Waals surface area (Å²) in [4.78, 5) is 2.62. The lowest BCUT2D eigenvalue weighted by molar-refractivity contribution is 0.104. The van der Waals surface area contributed by atoms with E-state index in [1.807, 2.05) is 0 Å². The summed E-state index contributed by atoms with van der Waals surface area (Å²) in [6, 6.07) is 2.07. The van der Waals surface area contributed by atoms with Crippen LogP contribution in [0.25, 0.3) is 0 Å². The molecule has 0 aliphatic carbocycles. The van der Waals surface area contributed by atoms with Gasteiger partial charge >= 0.3 is 0 Å². The van der Waals surface area contributed by atoms with Crippen LogP contribution in [-0.2, 0) is 0 Å². The third-order valence-corrected chi connectivity index (χ3v) is 3.57. The second-order valence-corrected chi connectivity index (χ2v) is 5.47. The zero-order chi connectivity index (χ0) is 11.4. The predicted molar refractivity (Wildman–Crippen MR) is 67.2 cm³/mol. The van der Waals surface area contributed by atoms with E-state index in [9.17, 15) is 0 Å². The zero-order valence-electron chi connectivity index (χ0n) is 11.1. The van der Waals surface area contributed by atoms with Gasteiger partial charge in [0, 0.05) is 24.7 Å². The SMILES string of the molecule is CCC1CN(C(C)C)CCC1NC(C)C. The number of likely N-dealkylation sites (tertiary alicyclic amines) is 1. The molecular weight excluding hydrogens is 184 g/mol. The van der Waals surface area contributed by atoms with Crippen LogP contribution >= 0.6 is 0 Å². The molecule has 0 aromatic carbocycles. The van der Waals surface area contributed by atoms with Crippen LogP contribution in [0, 0.1) is 5.92 Å².